The van der Waals surface area contributed by atoms with E-state index >= 15 is 0 Å². The minimum atomic E-state index is 0.623. The lowest BCUT2D eigenvalue weighted by molar-refractivity contribution is 0.922. The van der Waals surface area contributed by atoms with Gasteiger partial charge >= 0.3 is 0 Å². The average molecular weight is 345 g/mol. The average Bonchev–Trinajstić information content (AvgIpc) is 2.64. The molecule has 0 radical (unpaired) electrons. The summed E-state index contributed by atoms with van der Waals surface area (Å²) in [6.07, 6.45) is 0.973. The van der Waals surface area contributed by atoms with E-state index in [4.69, 9.17) is 5.73 Å². The molecular weight excluding hydrogens is 316 g/mol. The van der Waals surface area contributed by atoms with Crippen LogP contribution in [0.1, 0.15) is 27.8 Å². The summed E-state index contributed by atoms with van der Waals surface area (Å²) < 4.78 is 0. The number of hydrogen-bond donors (Lipinski definition) is 1. The van der Waals surface area contributed by atoms with Crippen LogP contribution < -0.4 is 10.6 Å². The standard InChI is InChI=1S/C24H28N2/c1-18-15-19(2)24(20(3)16-18)17-21-9-11-23(12-10-21)26(14-13-25)22-7-5-4-6-8-22/h4-12,15-16H,13-14,17,25H2,1-3H3. The van der Waals surface area contributed by atoms with Gasteiger partial charge in [-0.15, -0.1) is 0 Å². The molecule has 26 heavy (non-hydrogen) atoms. The number of anilines is 2. The second kappa shape index (κ2) is 8.20. The summed E-state index contributed by atoms with van der Waals surface area (Å²) in [6.45, 7) is 8.01. The van der Waals surface area contributed by atoms with E-state index < -0.39 is 0 Å². The maximum atomic E-state index is 5.84. The van der Waals surface area contributed by atoms with Crippen molar-refractivity contribution in [1.29, 1.82) is 0 Å². The first kappa shape index (κ1) is 18.2. The molecule has 0 atom stereocenters. The minimum Gasteiger partial charge on any atom is -0.340 e. The Kier molecular flexibility index (Phi) is 5.75. The normalized spacial score (nSPS) is 10.8. The van der Waals surface area contributed by atoms with Gasteiger partial charge in [0, 0.05) is 24.5 Å². The van der Waals surface area contributed by atoms with Crippen LogP contribution in [0.3, 0.4) is 0 Å². The summed E-state index contributed by atoms with van der Waals surface area (Å²) in [5.41, 5.74) is 15.1. The fraction of sp³-hybridized carbons (Fsp3) is 0.250. The van der Waals surface area contributed by atoms with Crippen molar-refractivity contribution in [2.45, 2.75) is 27.2 Å². The zero-order valence-corrected chi connectivity index (χ0v) is 16.0. The predicted molar refractivity (Wildman–Crippen MR) is 112 cm³/mol. The van der Waals surface area contributed by atoms with Gasteiger partial charge in [-0.2, -0.15) is 0 Å². The highest BCUT2D eigenvalue weighted by Crippen LogP contribution is 2.26. The fourth-order valence-corrected chi connectivity index (χ4v) is 3.63. The van der Waals surface area contributed by atoms with E-state index in [0.717, 1.165) is 13.0 Å². The first-order valence-electron chi connectivity index (χ1n) is 9.27. The number of nitrogens with two attached hydrogens (primary N) is 1. The van der Waals surface area contributed by atoms with Crippen molar-refractivity contribution in [2.75, 3.05) is 18.0 Å². The zero-order valence-electron chi connectivity index (χ0n) is 16.0. The van der Waals surface area contributed by atoms with Crippen molar-refractivity contribution in [3.05, 3.63) is 94.5 Å². The van der Waals surface area contributed by atoms with Gasteiger partial charge in [-0.25, -0.2) is 0 Å². The van der Waals surface area contributed by atoms with E-state index in [-0.39, 0.29) is 0 Å². The van der Waals surface area contributed by atoms with Crippen molar-refractivity contribution in [3.8, 4) is 0 Å². The van der Waals surface area contributed by atoms with Crippen molar-refractivity contribution in [1.82, 2.24) is 0 Å². The second-order valence-corrected chi connectivity index (χ2v) is 7.00. The highest BCUT2D eigenvalue weighted by Gasteiger charge is 2.09. The monoisotopic (exact) mass is 344 g/mol. The second-order valence-electron chi connectivity index (χ2n) is 7.00. The topological polar surface area (TPSA) is 29.3 Å². The lowest BCUT2D eigenvalue weighted by atomic mass is 9.94. The molecule has 3 aromatic carbocycles. The van der Waals surface area contributed by atoms with Gasteiger partial charge in [-0.1, -0.05) is 48.0 Å². The number of rotatable bonds is 6. The van der Waals surface area contributed by atoms with Crippen LogP contribution in [0.2, 0.25) is 0 Å². The molecule has 3 aromatic rings. The Balaban J connectivity index is 1.84. The Labute approximate surface area is 157 Å². The summed E-state index contributed by atoms with van der Waals surface area (Å²) >= 11 is 0. The van der Waals surface area contributed by atoms with Gasteiger partial charge in [0.1, 0.15) is 0 Å². The predicted octanol–water partition coefficient (Wildman–Crippen LogP) is 5.30. The van der Waals surface area contributed by atoms with Crippen molar-refractivity contribution < 1.29 is 0 Å². The summed E-state index contributed by atoms with van der Waals surface area (Å²) in [5.74, 6) is 0. The molecule has 0 aliphatic heterocycles. The molecule has 134 valence electrons. The van der Waals surface area contributed by atoms with Crippen LogP contribution in [0.5, 0.6) is 0 Å². The van der Waals surface area contributed by atoms with E-state index in [1.54, 1.807) is 0 Å². The summed E-state index contributed by atoms with van der Waals surface area (Å²) in [6, 6.07) is 23.9. The lowest BCUT2D eigenvalue weighted by Gasteiger charge is -2.24. The molecule has 2 heteroatoms. The highest BCUT2D eigenvalue weighted by molar-refractivity contribution is 5.63. The molecule has 0 aliphatic rings. The fourth-order valence-electron chi connectivity index (χ4n) is 3.63. The van der Waals surface area contributed by atoms with Crippen LogP contribution >= 0.6 is 0 Å². The number of benzene rings is 3. The number of para-hydroxylation sites is 1. The molecule has 0 saturated heterocycles. The SMILES string of the molecule is Cc1cc(C)c(Cc2ccc(N(CCN)c3ccccc3)cc2)c(C)c1. The molecule has 2 nitrogen and oxygen atoms in total. The van der Waals surface area contributed by atoms with Gasteiger partial charge in [-0.05, 0) is 73.7 Å². The molecule has 3 rings (SSSR count). The maximum Gasteiger partial charge on any atom is 0.0411 e. The third kappa shape index (κ3) is 4.14. The van der Waals surface area contributed by atoms with Gasteiger partial charge < -0.3 is 10.6 Å². The Morgan fingerprint density at radius 1 is 0.769 bits per heavy atom. The van der Waals surface area contributed by atoms with E-state index in [0.29, 0.717) is 6.54 Å². The molecule has 0 heterocycles. The van der Waals surface area contributed by atoms with Crippen molar-refractivity contribution >= 4 is 11.4 Å². The molecule has 0 amide bonds. The van der Waals surface area contributed by atoms with Gasteiger partial charge in [0.25, 0.3) is 0 Å². The van der Waals surface area contributed by atoms with Gasteiger partial charge in [0.2, 0.25) is 0 Å². The summed E-state index contributed by atoms with van der Waals surface area (Å²) in [5, 5.41) is 0. The van der Waals surface area contributed by atoms with E-state index in [9.17, 15) is 0 Å². The molecule has 0 unspecified atom stereocenters. The molecule has 0 saturated carbocycles. The first-order chi connectivity index (χ1) is 12.6. The molecule has 0 bridgehead atoms. The number of nitrogens with zero attached hydrogens (tertiary/aromatic N) is 1. The molecule has 0 aliphatic carbocycles. The zero-order chi connectivity index (χ0) is 18.5. The molecule has 0 spiro atoms. The third-order valence-electron chi connectivity index (χ3n) is 4.89. The third-order valence-corrected chi connectivity index (χ3v) is 4.89. The van der Waals surface area contributed by atoms with Gasteiger partial charge in [0.15, 0.2) is 0 Å². The Bertz CT molecular complexity index is 828. The van der Waals surface area contributed by atoms with E-state index in [2.05, 4.69) is 86.3 Å². The van der Waals surface area contributed by atoms with Crippen LogP contribution in [0.4, 0.5) is 11.4 Å². The van der Waals surface area contributed by atoms with E-state index in [1.807, 2.05) is 6.07 Å². The van der Waals surface area contributed by atoms with Crippen LogP contribution in [0.25, 0.3) is 0 Å². The number of aryl methyl sites for hydroxylation is 3. The smallest absolute Gasteiger partial charge is 0.0411 e. The number of hydrogen-bond acceptors (Lipinski definition) is 2. The Morgan fingerprint density at radius 2 is 1.35 bits per heavy atom. The lowest BCUT2D eigenvalue weighted by Crippen LogP contribution is -2.24. The molecule has 0 aromatic heterocycles. The van der Waals surface area contributed by atoms with E-state index in [1.165, 1.54) is 39.2 Å². The van der Waals surface area contributed by atoms with Gasteiger partial charge in [0.05, 0.1) is 0 Å². The highest BCUT2D eigenvalue weighted by atomic mass is 15.1. The largest absolute Gasteiger partial charge is 0.340 e. The van der Waals surface area contributed by atoms with Crippen LogP contribution in [0, 0.1) is 20.8 Å². The quantitative estimate of drug-likeness (QED) is 0.657. The maximum absolute atomic E-state index is 5.84. The molecule has 2 N–H and O–H groups in total. The summed E-state index contributed by atoms with van der Waals surface area (Å²) in [4.78, 5) is 2.27. The molecule has 0 fully saturated rings. The van der Waals surface area contributed by atoms with Crippen molar-refractivity contribution in [3.63, 3.8) is 0 Å². The molecular formula is C24H28N2. The Hall–Kier alpha value is -2.58. The Morgan fingerprint density at radius 3 is 1.92 bits per heavy atom. The first-order valence-corrected chi connectivity index (χ1v) is 9.27. The minimum absolute atomic E-state index is 0.623. The van der Waals surface area contributed by atoms with Crippen LogP contribution in [-0.4, -0.2) is 13.1 Å². The van der Waals surface area contributed by atoms with Gasteiger partial charge in [-0.3, -0.25) is 0 Å². The van der Waals surface area contributed by atoms with Crippen LogP contribution in [0.15, 0.2) is 66.7 Å². The van der Waals surface area contributed by atoms with Crippen LogP contribution in [-0.2, 0) is 6.42 Å². The summed E-state index contributed by atoms with van der Waals surface area (Å²) in [7, 11) is 0. The van der Waals surface area contributed by atoms with Crippen molar-refractivity contribution in [2.24, 2.45) is 5.73 Å².